The van der Waals surface area contributed by atoms with Crippen molar-refractivity contribution in [3.05, 3.63) is 0 Å². The molecule has 0 spiro atoms. The minimum Gasteiger partial charge on any atom is -0.251 e. The van der Waals surface area contributed by atoms with E-state index in [-0.39, 0.29) is 5.60 Å². The largest absolute Gasteiger partial charge is 0.251 e. The van der Waals surface area contributed by atoms with Crippen LogP contribution in [-0.2, 0) is 4.89 Å². The molecule has 2 nitrogen and oxygen atoms in total. The monoisotopic (exact) mass is 182 g/mol. The Bertz CT molecular complexity index is 228. The van der Waals surface area contributed by atoms with Gasteiger partial charge < -0.3 is 0 Å². The molecule has 0 saturated heterocycles. The van der Waals surface area contributed by atoms with E-state index < -0.39 is 0 Å². The molecule has 3 fully saturated rings. The molecule has 0 aromatic heterocycles. The Balaban J connectivity index is 1.89. The summed E-state index contributed by atoms with van der Waals surface area (Å²) in [5, 5.41) is 8.97. The van der Waals surface area contributed by atoms with E-state index in [9.17, 15) is 0 Å². The first-order valence-electron chi connectivity index (χ1n) is 5.57. The standard InChI is InChI=1S/C11H18O2/c1-11(13-12)6-7-5-10(11)9-4-2-3-8(7)9/h7-10,12H,2-6H2,1H3. The lowest BCUT2D eigenvalue weighted by molar-refractivity contribution is -0.335. The molecule has 0 heterocycles. The van der Waals surface area contributed by atoms with Crippen molar-refractivity contribution in [1.82, 2.24) is 0 Å². The molecular weight excluding hydrogens is 164 g/mol. The van der Waals surface area contributed by atoms with Gasteiger partial charge in [0.05, 0.1) is 0 Å². The molecule has 3 aliphatic rings. The molecule has 3 aliphatic carbocycles. The van der Waals surface area contributed by atoms with Gasteiger partial charge in [0.15, 0.2) is 0 Å². The molecule has 1 N–H and O–H groups in total. The molecule has 0 aromatic rings. The van der Waals surface area contributed by atoms with Gasteiger partial charge >= 0.3 is 0 Å². The first-order valence-corrected chi connectivity index (χ1v) is 5.57. The Hall–Kier alpha value is -0.0800. The zero-order chi connectivity index (χ0) is 9.05. The Kier molecular flexibility index (Phi) is 1.58. The van der Waals surface area contributed by atoms with Gasteiger partial charge in [-0.2, -0.15) is 0 Å². The maximum atomic E-state index is 8.97. The predicted octanol–water partition coefficient (Wildman–Crippen LogP) is 2.69. The maximum Gasteiger partial charge on any atom is 0.104 e. The molecule has 0 aromatic carbocycles. The summed E-state index contributed by atoms with van der Waals surface area (Å²) in [5.41, 5.74) is -0.198. The summed E-state index contributed by atoms with van der Waals surface area (Å²) in [5.74, 6) is 3.36. The van der Waals surface area contributed by atoms with E-state index in [1.165, 1.54) is 25.7 Å². The minimum atomic E-state index is -0.198. The zero-order valence-electron chi connectivity index (χ0n) is 8.20. The van der Waals surface area contributed by atoms with Crippen molar-refractivity contribution in [1.29, 1.82) is 0 Å². The van der Waals surface area contributed by atoms with Crippen molar-refractivity contribution < 1.29 is 10.1 Å². The van der Waals surface area contributed by atoms with Crippen LogP contribution in [-0.4, -0.2) is 10.9 Å². The van der Waals surface area contributed by atoms with Gasteiger partial charge in [0, 0.05) is 0 Å². The molecule has 2 bridgehead atoms. The van der Waals surface area contributed by atoms with Crippen LogP contribution in [0.2, 0.25) is 0 Å². The number of rotatable bonds is 1. The van der Waals surface area contributed by atoms with Crippen molar-refractivity contribution in [2.75, 3.05) is 0 Å². The van der Waals surface area contributed by atoms with Crippen LogP contribution >= 0.6 is 0 Å². The van der Waals surface area contributed by atoms with Crippen molar-refractivity contribution in [3.8, 4) is 0 Å². The van der Waals surface area contributed by atoms with Gasteiger partial charge in [-0.05, 0) is 56.3 Å². The van der Waals surface area contributed by atoms with E-state index in [2.05, 4.69) is 6.92 Å². The van der Waals surface area contributed by atoms with Gasteiger partial charge in [-0.15, -0.1) is 0 Å². The van der Waals surface area contributed by atoms with Gasteiger partial charge in [0.2, 0.25) is 0 Å². The molecule has 3 saturated carbocycles. The second-order valence-corrected chi connectivity index (χ2v) is 5.47. The fraction of sp³-hybridized carbons (Fsp3) is 1.00. The summed E-state index contributed by atoms with van der Waals surface area (Å²) < 4.78 is 0. The van der Waals surface area contributed by atoms with Crippen molar-refractivity contribution in [2.24, 2.45) is 23.7 Å². The fourth-order valence-electron chi connectivity index (χ4n) is 4.49. The molecule has 5 unspecified atom stereocenters. The lowest BCUT2D eigenvalue weighted by Crippen LogP contribution is -2.40. The highest BCUT2D eigenvalue weighted by Crippen LogP contribution is 2.63. The molecule has 3 rings (SSSR count). The molecule has 13 heavy (non-hydrogen) atoms. The Morgan fingerprint density at radius 1 is 1.31 bits per heavy atom. The van der Waals surface area contributed by atoms with Gasteiger partial charge in [-0.1, -0.05) is 6.42 Å². The van der Waals surface area contributed by atoms with Crippen molar-refractivity contribution in [2.45, 2.75) is 44.6 Å². The summed E-state index contributed by atoms with van der Waals surface area (Å²) in [7, 11) is 0. The van der Waals surface area contributed by atoms with Crippen LogP contribution < -0.4 is 0 Å². The SMILES string of the molecule is CC1(OO)CC2CC1C1CCCC21. The highest BCUT2D eigenvalue weighted by atomic mass is 17.1. The van der Waals surface area contributed by atoms with Gasteiger partial charge in [0.25, 0.3) is 0 Å². The van der Waals surface area contributed by atoms with Crippen LogP contribution in [0, 0.1) is 23.7 Å². The van der Waals surface area contributed by atoms with Gasteiger partial charge in [-0.25, -0.2) is 4.89 Å². The first kappa shape index (κ1) is 8.25. The smallest absolute Gasteiger partial charge is 0.104 e. The van der Waals surface area contributed by atoms with Crippen LogP contribution in [0.25, 0.3) is 0 Å². The third-order valence-corrected chi connectivity index (χ3v) is 4.96. The second kappa shape index (κ2) is 2.48. The van der Waals surface area contributed by atoms with E-state index in [4.69, 9.17) is 10.1 Å². The summed E-state index contributed by atoms with van der Waals surface area (Å²) in [4.78, 5) is 4.74. The van der Waals surface area contributed by atoms with Crippen molar-refractivity contribution >= 4 is 0 Å². The topological polar surface area (TPSA) is 29.5 Å². The normalized spacial score (nSPS) is 58.6. The maximum absolute atomic E-state index is 8.97. The lowest BCUT2D eigenvalue weighted by atomic mass is 9.74. The summed E-state index contributed by atoms with van der Waals surface area (Å²) >= 11 is 0. The Morgan fingerprint density at radius 2 is 2.08 bits per heavy atom. The van der Waals surface area contributed by atoms with Crippen LogP contribution in [0.3, 0.4) is 0 Å². The Labute approximate surface area is 79.2 Å². The molecule has 74 valence electrons. The summed E-state index contributed by atoms with van der Waals surface area (Å²) in [6, 6.07) is 0. The van der Waals surface area contributed by atoms with Crippen LogP contribution in [0.4, 0.5) is 0 Å². The number of fused-ring (bicyclic) bond motifs is 5. The van der Waals surface area contributed by atoms with Crippen molar-refractivity contribution in [3.63, 3.8) is 0 Å². The predicted molar refractivity (Wildman–Crippen MR) is 49.2 cm³/mol. The molecule has 0 aliphatic heterocycles. The van der Waals surface area contributed by atoms with Crippen LogP contribution in [0.5, 0.6) is 0 Å². The van der Waals surface area contributed by atoms with E-state index in [1.807, 2.05) is 0 Å². The third kappa shape index (κ3) is 0.909. The average Bonchev–Trinajstić information content (AvgIpc) is 2.72. The summed E-state index contributed by atoms with van der Waals surface area (Å²) in [6.07, 6.45) is 6.63. The fourth-order valence-corrected chi connectivity index (χ4v) is 4.49. The average molecular weight is 182 g/mol. The quantitative estimate of drug-likeness (QED) is 0.499. The van der Waals surface area contributed by atoms with Gasteiger partial charge in [0.1, 0.15) is 5.60 Å². The second-order valence-electron chi connectivity index (χ2n) is 5.47. The third-order valence-electron chi connectivity index (χ3n) is 4.96. The molecule has 5 atom stereocenters. The van der Waals surface area contributed by atoms with E-state index in [1.54, 1.807) is 0 Å². The van der Waals surface area contributed by atoms with E-state index in [0.717, 1.165) is 24.2 Å². The van der Waals surface area contributed by atoms with E-state index in [0.29, 0.717) is 5.92 Å². The highest BCUT2D eigenvalue weighted by molar-refractivity contribution is 5.08. The number of hydrogen-bond acceptors (Lipinski definition) is 2. The molecule has 2 heteroatoms. The molecular formula is C11H18O2. The lowest BCUT2D eigenvalue weighted by Gasteiger charge is -2.37. The number of hydrogen-bond donors (Lipinski definition) is 1. The Morgan fingerprint density at radius 3 is 2.85 bits per heavy atom. The first-order chi connectivity index (χ1) is 6.24. The van der Waals surface area contributed by atoms with Crippen LogP contribution in [0.1, 0.15) is 39.0 Å². The van der Waals surface area contributed by atoms with Crippen LogP contribution in [0.15, 0.2) is 0 Å². The summed E-state index contributed by atoms with van der Waals surface area (Å²) in [6.45, 7) is 2.09. The van der Waals surface area contributed by atoms with E-state index >= 15 is 0 Å². The zero-order valence-corrected chi connectivity index (χ0v) is 8.20. The molecule has 0 radical (unpaired) electrons. The highest BCUT2D eigenvalue weighted by Gasteiger charge is 2.60. The van der Waals surface area contributed by atoms with Gasteiger partial charge in [-0.3, -0.25) is 5.26 Å². The molecule has 0 amide bonds. The minimum absolute atomic E-state index is 0.198.